The number of aliphatic hydroxyl groups excluding tert-OH is 1. The number of carbonyl (C=O) groups excluding carboxylic acids is 1. The molecule has 2 aliphatic rings. The first kappa shape index (κ1) is 11.1. The monoisotopic (exact) mass is 210 g/mol. The Balaban J connectivity index is 2.19. The lowest BCUT2D eigenvalue weighted by molar-refractivity contribution is -0.114. The van der Waals surface area contributed by atoms with Crippen LogP contribution in [-0.4, -0.2) is 17.5 Å². The van der Waals surface area contributed by atoms with Crippen molar-refractivity contribution in [3.8, 4) is 0 Å². The zero-order valence-corrected chi connectivity index (χ0v) is 9.73. The number of hydrogen-bond acceptors (Lipinski definition) is 2. The lowest BCUT2D eigenvalue weighted by atomic mass is 9.66. The van der Waals surface area contributed by atoms with Crippen molar-refractivity contribution in [2.45, 2.75) is 45.6 Å². The third kappa shape index (κ3) is 1.84. The second-order valence-corrected chi connectivity index (χ2v) is 5.67. The average molecular weight is 210 g/mol. The van der Waals surface area contributed by atoms with Gasteiger partial charge in [-0.25, -0.2) is 0 Å². The topological polar surface area (TPSA) is 37.3 Å². The van der Waals surface area contributed by atoms with Crippen molar-refractivity contribution in [1.82, 2.24) is 0 Å². The molecule has 0 amide bonds. The van der Waals surface area contributed by atoms with Gasteiger partial charge in [0.2, 0.25) is 0 Å². The maximum atomic E-state index is 11.1. The van der Waals surface area contributed by atoms with E-state index in [0.717, 1.165) is 32.0 Å². The van der Waals surface area contributed by atoms with Crippen molar-refractivity contribution in [2.24, 2.45) is 29.6 Å². The summed E-state index contributed by atoms with van der Waals surface area (Å²) < 4.78 is 0. The van der Waals surface area contributed by atoms with E-state index in [9.17, 15) is 9.90 Å². The molecule has 0 spiro atoms. The van der Waals surface area contributed by atoms with Gasteiger partial charge >= 0.3 is 0 Å². The molecule has 0 heterocycles. The van der Waals surface area contributed by atoms with Crippen LogP contribution in [0.15, 0.2) is 0 Å². The third-order valence-electron chi connectivity index (χ3n) is 4.64. The molecule has 2 heteroatoms. The van der Waals surface area contributed by atoms with Gasteiger partial charge in [0.25, 0.3) is 0 Å². The van der Waals surface area contributed by atoms with E-state index in [2.05, 4.69) is 13.8 Å². The van der Waals surface area contributed by atoms with Gasteiger partial charge in [-0.15, -0.1) is 0 Å². The minimum atomic E-state index is -0.144. The van der Waals surface area contributed by atoms with Gasteiger partial charge in [0.05, 0.1) is 6.10 Å². The van der Waals surface area contributed by atoms with E-state index in [1.54, 1.807) is 0 Å². The highest BCUT2D eigenvalue weighted by molar-refractivity contribution is 5.55. The lowest BCUT2D eigenvalue weighted by Gasteiger charge is -2.41. The summed E-state index contributed by atoms with van der Waals surface area (Å²) in [6, 6.07) is 0. The van der Waals surface area contributed by atoms with Crippen LogP contribution in [0.2, 0.25) is 0 Å². The molecular weight excluding hydrogens is 188 g/mol. The molecule has 2 saturated carbocycles. The fourth-order valence-electron chi connectivity index (χ4n) is 3.88. The number of fused-ring (bicyclic) bond motifs is 1. The first-order valence-corrected chi connectivity index (χ1v) is 6.28. The Bertz CT molecular complexity index is 237. The summed E-state index contributed by atoms with van der Waals surface area (Å²) in [5.74, 6) is 2.38. The van der Waals surface area contributed by atoms with E-state index in [1.807, 2.05) is 0 Å². The van der Waals surface area contributed by atoms with Crippen LogP contribution in [0.1, 0.15) is 39.5 Å². The van der Waals surface area contributed by atoms with Gasteiger partial charge in [0.1, 0.15) is 6.29 Å². The fraction of sp³-hybridized carbons (Fsp3) is 0.923. The molecule has 0 aromatic carbocycles. The van der Waals surface area contributed by atoms with E-state index < -0.39 is 0 Å². The van der Waals surface area contributed by atoms with Crippen LogP contribution < -0.4 is 0 Å². The summed E-state index contributed by atoms with van der Waals surface area (Å²) in [6.07, 6.45) is 5.09. The van der Waals surface area contributed by atoms with Gasteiger partial charge in [-0.2, -0.15) is 0 Å². The second kappa shape index (κ2) is 4.25. The minimum Gasteiger partial charge on any atom is -0.393 e. The molecule has 2 rings (SSSR count). The number of rotatable bonds is 2. The number of hydrogen-bond donors (Lipinski definition) is 1. The molecule has 2 aliphatic carbocycles. The molecule has 0 aliphatic heterocycles. The molecular formula is C13H22O2. The molecule has 0 unspecified atom stereocenters. The molecule has 2 fully saturated rings. The first-order valence-electron chi connectivity index (χ1n) is 6.28. The van der Waals surface area contributed by atoms with Gasteiger partial charge in [0.15, 0.2) is 0 Å². The Morgan fingerprint density at radius 3 is 2.53 bits per heavy atom. The van der Waals surface area contributed by atoms with E-state index >= 15 is 0 Å². The standard InChI is InChI=1S/C13H22O2/c1-8(2)10-5-6-12(15)11-4-3-9(7-14)13(10)11/h7-13,15H,3-6H2,1-2H3/t9-,10-,11-,12+,13-/m0/s1. The summed E-state index contributed by atoms with van der Waals surface area (Å²) in [7, 11) is 0. The van der Waals surface area contributed by atoms with Gasteiger partial charge < -0.3 is 9.90 Å². The zero-order chi connectivity index (χ0) is 11.0. The summed E-state index contributed by atoms with van der Waals surface area (Å²) in [4.78, 5) is 11.1. The van der Waals surface area contributed by atoms with Gasteiger partial charge in [-0.1, -0.05) is 13.8 Å². The first-order chi connectivity index (χ1) is 7.15. The quantitative estimate of drug-likeness (QED) is 0.710. The Hall–Kier alpha value is -0.370. The third-order valence-corrected chi connectivity index (χ3v) is 4.64. The van der Waals surface area contributed by atoms with Crippen LogP contribution in [0.3, 0.4) is 0 Å². The van der Waals surface area contributed by atoms with Crippen molar-refractivity contribution in [3.05, 3.63) is 0 Å². The normalized spacial score (nSPS) is 45.5. The summed E-state index contributed by atoms with van der Waals surface area (Å²) in [5.41, 5.74) is 0. The number of carbonyl (C=O) groups is 1. The maximum absolute atomic E-state index is 11.1. The van der Waals surface area contributed by atoms with Crippen LogP contribution in [0, 0.1) is 29.6 Å². The molecule has 2 nitrogen and oxygen atoms in total. The Labute approximate surface area is 92.1 Å². The fourth-order valence-corrected chi connectivity index (χ4v) is 3.88. The van der Waals surface area contributed by atoms with Gasteiger partial charge in [-0.05, 0) is 49.4 Å². The molecule has 1 N–H and O–H groups in total. The molecule has 0 aromatic heterocycles. The van der Waals surface area contributed by atoms with E-state index in [1.165, 1.54) is 0 Å². The van der Waals surface area contributed by atoms with Gasteiger partial charge in [-0.3, -0.25) is 0 Å². The van der Waals surface area contributed by atoms with Crippen molar-refractivity contribution in [2.75, 3.05) is 0 Å². The highest BCUT2D eigenvalue weighted by Gasteiger charge is 2.47. The van der Waals surface area contributed by atoms with Crippen molar-refractivity contribution < 1.29 is 9.90 Å². The highest BCUT2D eigenvalue weighted by atomic mass is 16.3. The Morgan fingerprint density at radius 2 is 1.93 bits per heavy atom. The molecule has 15 heavy (non-hydrogen) atoms. The maximum Gasteiger partial charge on any atom is 0.123 e. The highest BCUT2D eigenvalue weighted by Crippen LogP contribution is 2.50. The van der Waals surface area contributed by atoms with Crippen LogP contribution >= 0.6 is 0 Å². The van der Waals surface area contributed by atoms with Crippen LogP contribution in [0.4, 0.5) is 0 Å². The van der Waals surface area contributed by atoms with Crippen LogP contribution in [0.25, 0.3) is 0 Å². The van der Waals surface area contributed by atoms with Gasteiger partial charge in [0, 0.05) is 5.92 Å². The summed E-state index contributed by atoms with van der Waals surface area (Å²) in [6.45, 7) is 4.50. The van der Waals surface area contributed by atoms with Crippen LogP contribution in [-0.2, 0) is 4.79 Å². The van der Waals surface area contributed by atoms with Crippen molar-refractivity contribution in [1.29, 1.82) is 0 Å². The van der Waals surface area contributed by atoms with Crippen LogP contribution in [0.5, 0.6) is 0 Å². The zero-order valence-electron chi connectivity index (χ0n) is 9.73. The largest absolute Gasteiger partial charge is 0.393 e. The minimum absolute atomic E-state index is 0.144. The molecule has 5 atom stereocenters. The van der Waals surface area contributed by atoms with Crippen molar-refractivity contribution >= 4 is 6.29 Å². The number of aliphatic hydroxyl groups is 1. The smallest absolute Gasteiger partial charge is 0.123 e. The predicted octanol–water partition coefficient (Wildman–Crippen LogP) is 2.25. The summed E-state index contributed by atoms with van der Waals surface area (Å²) in [5, 5.41) is 9.98. The molecule has 0 radical (unpaired) electrons. The summed E-state index contributed by atoms with van der Waals surface area (Å²) >= 11 is 0. The van der Waals surface area contributed by atoms with Crippen molar-refractivity contribution in [3.63, 3.8) is 0 Å². The predicted molar refractivity (Wildman–Crippen MR) is 59.3 cm³/mol. The Morgan fingerprint density at radius 1 is 1.20 bits per heavy atom. The second-order valence-electron chi connectivity index (χ2n) is 5.67. The molecule has 86 valence electrons. The molecule has 0 aromatic rings. The number of aldehydes is 1. The van der Waals surface area contributed by atoms with E-state index in [-0.39, 0.29) is 12.0 Å². The lowest BCUT2D eigenvalue weighted by Crippen LogP contribution is -2.39. The molecule has 0 bridgehead atoms. The van der Waals surface area contributed by atoms with E-state index in [4.69, 9.17) is 0 Å². The molecule has 0 saturated heterocycles. The average Bonchev–Trinajstić information content (AvgIpc) is 2.62. The SMILES string of the molecule is CC(C)[C@@H]1CC[C@@H](O)[C@@H]2CC[C@@H](C=O)[C@H]21. The Kier molecular flexibility index (Phi) is 3.15. The van der Waals surface area contributed by atoms with E-state index in [0.29, 0.717) is 23.7 Å².